The molecule has 0 aromatic carbocycles. The topological polar surface area (TPSA) is 85.8 Å². The third kappa shape index (κ3) is 6.05. The summed E-state index contributed by atoms with van der Waals surface area (Å²) >= 11 is 12.5. The molecule has 0 radical (unpaired) electrons. The van der Waals surface area contributed by atoms with Gasteiger partial charge in [-0.1, -0.05) is 29.3 Å². The number of allylic oxidation sites excluding steroid dienone is 3. The number of carbonyl (C=O) groups is 1. The van der Waals surface area contributed by atoms with E-state index in [4.69, 9.17) is 23.2 Å². The number of carbonyl (C=O) groups excluding carboxylic acids is 1. The van der Waals surface area contributed by atoms with Gasteiger partial charge in [0.15, 0.2) is 0 Å². The van der Waals surface area contributed by atoms with Crippen LogP contribution in [0, 0.1) is 0 Å². The molecule has 1 amide bonds. The summed E-state index contributed by atoms with van der Waals surface area (Å²) in [4.78, 5) is 23.9. The Kier molecular flexibility index (Phi) is 7.76. The molecule has 1 aliphatic carbocycles. The largest absolute Gasteiger partial charge is 0.353 e. The second kappa shape index (κ2) is 10.4. The van der Waals surface area contributed by atoms with Gasteiger partial charge in [0.2, 0.25) is 15.9 Å². The van der Waals surface area contributed by atoms with Crippen LogP contribution in [0.3, 0.4) is 0 Å². The molecular weight excluding hydrogens is 497 g/mol. The molecule has 2 aliphatic heterocycles. The molecule has 0 unspecified atom stereocenters. The van der Waals surface area contributed by atoms with Crippen molar-refractivity contribution >= 4 is 50.6 Å². The molecule has 0 spiro atoms. The average molecular weight is 529 g/mol. The summed E-state index contributed by atoms with van der Waals surface area (Å²) < 4.78 is 25.3. The predicted octanol–water partition coefficient (Wildman–Crippen LogP) is 3.45. The van der Waals surface area contributed by atoms with Crippen molar-refractivity contribution in [3.05, 3.63) is 40.0 Å². The number of amides is 1. The molecule has 1 aromatic heterocycles. The number of nitrogens with one attached hydrogen (secondary N) is 1. The zero-order valence-corrected chi connectivity index (χ0v) is 21.8. The van der Waals surface area contributed by atoms with E-state index in [0.29, 0.717) is 28.6 Å². The zero-order chi connectivity index (χ0) is 24.5. The Bertz CT molecular complexity index is 1100. The lowest BCUT2D eigenvalue weighted by molar-refractivity contribution is -0.129. The maximum atomic E-state index is 12.8. The fraction of sp³-hybridized carbons (Fsp3) is 0.565. The second-order valence-electron chi connectivity index (χ2n) is 9.27. The first-order valence-electron chi connectivity index (χ1n) is 11.6. The number of rotatable bonds is 5. The summed E-state index contributed by atoms with van der Waals surface area (Å²) in [7, 11) is -3.38. The third-order valence-electron chi connectivity index (χ3n) is 6.70. The number of hydrogen-bond acceptors (Lipinski definition) is 6. The van der Waals surface area contributed by atoms with Crippen molar-refractivity contribution in [3.63, 3.8) is 0 Å². The minimum absolute atomic E-state index is 0.145. The molecule has 186 valence electrons. The number of nitrogens with zero attached hydrogens (tertiary/aromatic N) is 4. The van der Waals surface area contributed by atoms with Gasteiger partial charge in [0.05, 0.1) is 23.2 Å². The van der Waals surface area contributed by atoms with Crippen molar-refractivity contribution in [2.75, 3.05) is 48.6 Å². The second-order valence-corrected chi connectivity index (χ2v) is 11.9. The van der Waals surface area contributed by atoms with Crippen LogP contribution in [0.5, 0.6) is 0 Å². The monoisotopic (exact) mass is 527 g/mol. The van der Waals surface area contributed by atoms with Gasteiger partial charge in [-0.05, 0) is 44.7 Å². The molecule has 0 saturated carbocycles. The van der Waals surface area contributed by atoms with E-state index < -0.39 is 10.0 Å². The molecule has 3 aliphatic rings. The van der Waals surface area contributed by atoms with Crippen LogP contribution in [0.1, 0.15) is 32.6 Å². The Hall–Kier alpha value is -1.81. The summed E-state index contributed by atoms with van der Waals surface area (Å²) in [5.41, 5.74) is 1.21. The molecule has 2 fully saturated rings. The Balaban J connectivity index is 1.32. The number of piperazine rings is 1. The number of piperidine rings is 1. The molecule has 4 rings (SSSR count). The summed E-state index contributed by atoms with van der Waals surface area (Å²) in [5.74, 6) is 0.814. The Morgan fingerprint density at radius 3 is 2.44 bits per heavy atom. The first-order chi connectivity index (χ1) is 16.1. The van der Waals surface area contributed by atoms with Crippen LogP contribution < -0.4 is 9.62 Å². The minimum atomic E-state index is -3.38. The van der Waals surface area contributed by atoms with Gasteiger partial charge < -0.3 is 9.80 Å². The molecule has 8 nitrogen and oxygen atoms in total. The number of hydrogen-bond donors (Lipinski definition) is 1. The van der Waals surface area contributed by atoms with E-state index in [1.165, 1.54) is 6.20 Å². The number of sulfonamides is 1. The van der Waals surface area contributed by atoms with Crippen molar-refractivity contribution in [1.29, 1.82) is 0 Å². The smallest absolute Gasteiger partial charge is 0.249 e. The highest BCUT2D eigenvalue weighted by atomic mass is 35.5. The number of aromatic nitrogens is 1. The molecule has 11 heteroatoms. The van der Waals surface area contributed by atoms with Gasteiger partial charge in [0.25, 0.3) is 0 Å². The van der Waals surface area contributed by atoms with Crippen LogP contribution in [0.4, 0.5) is 11.5 Å². The Morgan fingerprint density at radius 2 is 1.85 bits per heavy atom. The first kappa shape index (κ1) is 25.3. The van der Waals surface area contributed by atoms with Crippen molar-refractivity contribution in [1.82, 2.24) is 14.8 Å². The lowest BCUT2D eigenvalue weighted by atomic mass is 9.97. The average Bonchev–Trinajstić information content (AvgIpc) is 2.78. The minimum Gasteiger partial charge on any atom is -0.353 e. The number of anilines is 2. The maximum Gasteiger partial charge on any atom is 0.249 e. The quantitative estimate of drug-likeness (QED) is 0.630. The third-order valence-corrected chi connectivity index (χ3v) is 7.90. The summed E-state index contributed by atoms with van der Waals surface area (Å²) in [6.07, 6.45) is 9.68. The van der Waals surface area contributed by atoms with Gasteiger partial charge in [-0.25, -0.2) is 13.4 Å². The van der Waals surface area contributed by atoms with Gasteiger partial charge in [-0.2, -0.15) is 0 Å². The SMILES string of the molecule is C[C@H]1CN(c2ncc(NS(C)(=O)=O)cc2Cl)CCN1C1CCN(C(=O)C2=CC=C(Cl)CC2)CC1. The molecule has 3 heterocycles. The van der Waals surface area contributed by atoms with E-state index in [2.05, 4.69) is 26.4 Å². The Labute approximate surface area is 211 Å². The van der Waals surface area contributed by atoms with Crippen LogP contribution in [-0.4, -0.2) is 80.2 Å². The van der Waals surface area contributed by atoms with Crippen LogP contribution in [-0.2, 0) is 14.8 Å². The van der Waals surface area contributed by atoms with E-state index >= 15 is 0 Å². The van der Waals surface area contributed by atoms with E-state index in [1.54, 1.807) is 6.07 Å². The molecule has 1 atom stereocenters. The standard InChI is InChI=1S/C23H31Cl2N5O3S/c1-16-15-29(22-21(25)13-19(14-26-22)27-34(2,32)33)11-12-30(16)20-7-9-28(10-8-20)23(31)17-3-5-18(24)6-4-17/h3,5,13-14,16,20,27H,4,6-12,15H2,1-2H3/t16-/m0/s1. The van der Waals surface area contributed by atoms with E-state index in [1.807, 2.05) is 17.1 Å². The summed E-state index contributed by atoms with van der Waals surface area (Å²) in [6, 6.07) is 2.35. The lowest BCUT2D eigenvalue weighted by Crippen LogP contribution is -2.58. The molecule has 0 bridgehead atoms. The van der Waals surface area contributed by atoms with Crippen molar-refractivity contribution in [3.8, 4) is 0 Å². The highest BCUT2D eigenvalue weighted by Gasteiger charge is 2.34. The molecular formula is C23H31Cl2N5O3S. The molecule has 2 saturated heterocycles. The Morgan fingerprint density at radius 1 is 1.12 bits per heavy atom. The number of halogens is 2. The van der Waals surface area contributed by atoms with Crippen LogP contribution in [0.25, 0.3) is 0 Å². The summed E-state index contributed by atoms with van der Waals surface area (Å²) in [6.45, 7) is 6.20. The van der Waals surface area contributed by atoms with Gasteiger partial charge >= 0.3 is 0 Å². The van der Waals surface area contributed by atoms with Gasteiger partial charge in [0.1, 0.15) is 5.82 Å². The van der Waals surface area contributed by atoms with E-state index in [0.717, 1.165) is 75.3 Å². The molecule has 1 N–H and O–H groups in total. The van der Waals surface area contributed by atoms with Crippen LogP contribution >= 0.6 is 23.2 Å². The highest BCUT2D eigenvalue weighted by molar-refractivity contribution is 7.92. The van der Waals surface area contributed by atoms with Crippen molar-refractivity contribution in [2.45, 2.75) is 44.7 Å². The van der Waals surface area contributed by atoms with Crippen molar-refractivity contribution in [2.24, 2.45) is 0 Å². The highest BCUT2D eigenvalue weighted by Crippen LogP contribution is 2.30. The van der Waals surface area contributed by atoms with Gasteiger partial charge in [-0.15, -0.1) is 0 Å². The van der Waals surface area contributed by atoms with E-state index in [-0.39, 0.29) is 5.91 Å². The van der Waals surface area contributed by atoms with Crippen LogP contribution in [0.2, 0.25) is 5.02 Å². The normalized spacial score (nSPS) is 22.9. The maximum absolute atomic E-state index is 12.8. The first-order valence-corrected chi connectivity index (χ1v) is 14.2. The summed E-state index contributed by atoms with van der Waals surface area (Å²) in [5, 5.41) is 1.23. The zero-order valence-electron chi connectivity index (χ0n) is 19.5. The molecule has 1 aromatic rings. The lowest BCUT2D eigenvalue weighted by Gasteiger charge is -2.47. The predicted molar refractivity (Wildman–Crippen MR) is 137 cm³/mol. The van der Waals surface area contributed by atoms with Crippen LogP contribution in [0.15, 0.2) is 35.0 Å². The van der Waals surface area contributed by atoms with E-state index in [9.17, 15) is 13.2 Å². The number of pyridine rings is 1. The van der Waals surface area contributed by atoms with Gasteiger partial charge in [0, 0.05) is 55.4 Å². The fourth-order valence-electron chi connectivity index (χ4n) is 5.03. The molecule has 34 heavy (non-hydrogen) atoms. The van der Waals surface area contributed by atoms with Crippen molar-refractivity contribution < 1.29 is 13.2 Å². The van der Waals surface area contributed by atoms with Gasteiger partial charge in [-0.3, -0.25) is 14.4 Å². The fourth-order valence-corrected chi connectivity index (χ4v) is 6.02. The number of likely N-dealkylation sites (tertiary alicyclic amines) is 1.